The summed E-state index contributed by atoms with van der Waals surface area (Å²) >= 11 is 0. The number of rotatable bonds is 7. The molecule has 2 rings (SSSR count). The first-order valence-electron chi connectivity index (χ1n) is 8.45. The molecule has 0 aliphatic carbocycles. The first-order chi connectivity index (χ1) is 10.2. The Balaban J connectivity index is 1.89. The van der Waals surface area contributed by atoms with Gasteiger partial charge >= 0.3 is 0 Å². The number of aryl methyl sites for hydroxylation is 1. The van der Waals surface area contributed by atoms with Gasteiger partial charge in [-0.15, -0.1) is 0 Å². The van der Waals surface area contributed by atoms with E-state index in [-0.39, 0.29) is 0 Å². The number of hydrogen-bond acceptors (Lipinski definition) is 4. The maximum Gasteiger partial charge on any atom is 0.132 e. The van der Waals surface area contributed by atoms with Crippen LogP contribution >= 0.6 is 0 Å². The highest BCUT2D eigenvalue weighted by Gasteiger charge is 2.21. The summed E-state index contributed by atoms with van der Waals surface area (Å²) in [6.45, 7) is 11.2. The molecule has 0 aromatic carbocycles. The molecule has 1 atom stereocenters. The van der Waals surface area contributed by atoms with Gasteiger partial charge in [0, 0.05) is 24.8 Å². The summed E-state index contributed by atoms with van der Waals surface area (Å²) in [5.41, 5.74) is 1.17. The van der Waals surface area contributed by atoms with E-state index >= 15 is 0 Å². The Morgan fingerprint density at radius 1 is 1.38 bits per heavy atom. The average molecular weight is 290 g/mol. The van der Waals surface area contributed by atoms with Gasteiger partial charge in [0.05, 0.1) is 0 Å². The molecule has 0 spiro atoms. The summed E-state index contributed by atoms with van der Waals surface area (Å²) in [7, 11) is 0. The Morgan fingerprint density at radius 2 is 2.24 bits per heavy atom. The van der Waals surface area contributed by atoms with Crippen molar-refractivity contribution in [2.75, 3.05) is 31.1 Å². The second-order valence-corrected chi connectivity index (χ2v) is 6.62. The van der Waals surface area contributed by atoms with Gasteiger partial charge in [-0.05, 0) is 44.2 Å². The summed E-state index contributed by atoms with van der Waals surface area (Å²) in [5, 5.41) is 3.60. The minimum atomic E-state index is 0.725. The van der Waals surface area contributed by atoms with Crippen molar-refractivity contribution in [1.82, 2.24) is 15.3 Å². The third kappa shape index (κ3) is 5.27. The molecule has 1 unspecified atom stereocenters. The highest BCUT2D eigenvalue weighted by Crippen LogP contribution is 2.21. The number of nitrogens with one attached hydrogen (secondary N) is 1. The van der Waals surface area contributed by atoms with Gasteiger partial charge in [0.15, 0.2) is 0 Å². The van der Waals surface area contributed by atoms with E-state index < -0.39 is 0 Å². The number of aromatic nitrogens is 2. The van der Waals surface area contributed by atoms with Gasteiger partial charge in [-0.3, -0.25) is 0 Å². The van der Waals surface area contributed by atoms with E-state index in [0.717, 1.165) is 56.7 Å². The molecule has 0 amide bonds. The Morgan fingerprint density at radius 3 is 3.00 bits per heavy atom. The number of nitrogens with zero attached hydrogens (tertiary/aromatic N) is 3. The molecule has 1 aliphatic rings. The van der Waals surface area contributed by atoms with Crippen LogP contribution < -0.4 is 10.2 Å². The standard InChI is InChI=1S/C17H30N4/c1-4-6-16-9-17(20-13-19-16)21-8-5-7-15(12-21)11-18-10-14(2)3/h9,13-15,18H,4-8,10-12H2,1-3H3. The van der Waals surface area contributed by atoms with Crippen molar-refractivity contribution in [1.29, 1.82) is 0 Å². The van der Waals surface area contributed by atoms with Crippen LogP contribution in [0.1, 0.15) is 45.7 Å². The molecule has 118 valence electrons. The lowest BCUT2D eigenvalue weighted by Crippen LogP contribution is -2.40. The fraction of sp³-hybridized carbons (Fsp3) is 0.765. The molecule has 1 saturated heterocycles. The zero-order valence-electron chi connectivity index (χ0n) is 13.8. The largest absolute Gasteiger partial charge is 0.356 e. The zero-order chi connectivity index (χ0) is 15.1. The number of piperidine rings is 1. The van der Waals surface area contributed by atoms with Crippen LogP contribution in [0.2, 0.25) is 0 Å². The first kappa shape index (κ1) is 16.2. The van der Waals surface area contributed by atoms with Crippen molar-refractivity contribution in [2.24, 2.45) is 11.8 Å². The lowest BCUT2D eigenvalue weighted by atomic mass is 9.97. The van der Waals surface area contributed by atoms with E-state index in [1.165, 1.54) is 18.5 Å². The van der Waals surface area contributed by atoms with Crippen molar-refractivity contribution < 1.29 is 0 Å². The fourth-order valence-corrected chi connectivity index (χ4v) is 2.97. The molecule has 1 aromatic heterocycles. The molecule has 0 bridgehead atoms. The van der Waals surface area contributed by atoms with E-state index in [9.17, 15) is 0 Å². The SMILES string of the molecule is CCCc1cc(N2CCCC(CNCC(C)C)C2)ncn1. The molecule has 0 radical (unpaired) electrons. The Bertz CT molecular complexity index is 419. The molecular weight excluding hydrogens is 260 g/mol. The van der Waals surface area contributed by atoms with Crippen LogP contribution in [0, 0.1) is 11.8 Å². The van der Waals surface area contributed by atoms with E-state index in [4.69, 9.17) is 0 Å². The number of anilines is 1. The summed E-state index contributed by atoms with van der Waals surface area (Å²) < 4.78 is 0. The van der Waals surface area contributed by atoms with Crippen molar-refractivity contribution in [3.05, 3.63) is 18.1 Å². The van der Waals surface area contributed by atoms with E-state index in [1.807, 2.05) is 0 Å². The Kier molecular flexibility index (Phi) is 6.43. The van der Waals surface area contributed by atoms with Gasteiger partial charge in [0.25, 0.3) is 0 Å². The predicted octanol–water partition coefficient (Wildman–Crippen LogP) is 2.89. The molecule has 4 nitrogen and oxygen atoms in total. The van der Waals surface area contributed by atoms with Gasteiger partial charge in [-0.25, -0.2) is 9.97 Å². The molecule has 21 heavy (non-hydrogen) atoms. The Hall–Kier alpha value is -1.16. The second kappa shape index (κ2) is 8.32. The minimum absolute atomic E-state index is 0.725. The van der Waals surface area contributed by atoms with Crippen LogP contribution in [0.15, 0.2) is 12.4 Å². The van der Waals surface area contributed by atoms with Crippen LogP contribution in [-0.4, -0.2) is 36.1 Å². The molecular formula is C17H30N4. The normalized spacial score (nSPS) is 19.2. The maximum absolute atomic E-state index is 4.48. The maximum atomic E-state index is 4.48. The monoisotopic (exact) mass is 290 g/mol. The van der Waals surface area contributed by atoms with Gasteiger partial charge in [0.2, 0.25) is 0 Å². The highest BCUT2D eigenvalue weighted by molar-refractivity contribution is 5.39. The van der Waals surface area contributed by atoms with E-state index in [0.29, 0.717) is 0 Å². The van der Waals surface area contributed by atoms with Crippen molar-refractivity contribution in [3.63, 3.8) is 0 Å². The smallest absolute Gasteiger partial charge is 0.132 e. The van der Waals surface area contributed by atoms with Crippen LogP contribution in [0.3, 0.4) is 0 Å². The van der Waals surface area contributed by atoms with Crippen LogP contribution in [0.5, 0.6) is 0 Å². The quantitative estimate of drug-likeness (QED) is 0.838. The van der Waals surface area contributed by atoms with Crippen molar-refractivity contribution in [3.8, 4) is 0 Å². The minimum Gasteiger partial charge on any atom is -0.356 e. The Labute approximate surface area is 129 Å². The molecule has 4 heteroatoms. The molecule has 1 fully saturated rings. The average Bonchev–Trinajstić information content (AvgIpc) is 2.48. The first-order valence-corrected chi connectivity index (χ1v) is 8.45. The second-order valence-electron chi connectivity index (χ2n) is 6.62. The summed E-state index contributed by atoms with van der Waals surface area (Å²) in [6, 6.07) is 2.17. The van der Waals surface area contributed by atoms with Gasteiger partial charge < -0.3 is 10.2 Å². The van der Waals surface area contributed by atoms with E-state index in [1.54, 1.807) is 6.33 Å². The van der Waals surface area contributed by atoms with Crippen LogP contribution in [0.4, 0.5) is 5.82 Å². The molecule has 1 aliphatic heterocycles. The highest BCUT2D eigenvalue weighted by atomic mass is 15.2. The summed E-state index contributed by atoms with van der Waals surface area (Å²) in [4.78, 5) is 11.3. The predicted molar refractivity (Wildman–Crippen MR) is 88.7 cm³/mol. The lowest BCUT2D eigenvalue weighted by Gasteiger charge is -2.34. The van der Waals surface area contributed by atoms with Crippen LogP contribution in [0.25, 0.3) is 0 Å². The zero-order valence-corrected chi connectivity index (χ0v) is 13.8. The summed E-state index contributed by atoms with van der Waals surface area (Å²) in [6.07, 6.45) is 6.50. The molecule has 1 aromatic rings. The van der Waals surface area contributed by atoms with Crippen molar-refractivity contribution >= 4 is 5.82 Å². The van der Waals surface area contributed by atoms with Gasteiger partial charge in [-0.2, -0.15) is 0 Å². The van der Waals surface area contributed by atoms with Crippen molar-refractivity contribution in [2.45, 2.75) is 46.5 Å². The number of hydrogen-bond donors (Lipinski definition) is 1. The summed E-state index contributed by atoms with van der Waals surface area (Å²) in [5.74, 6) is 2.58. The van der Waals surface area contributed by atoms with Gasteiger partial charge in [0.1, 0.15) is 12.1 Å². The lowest BCUT2D eigenvalue weighted by molar-refractivity contribution is 0.381. The third-order valence-corrected chi connectivity index (χ3v) is 4.04. The van der Waals surface area contributed by atoms with Crippen LogP contribution in [-0.2, 0) is 6.42 Å². The molecule has 1 N–H and O–H groups in total. The topological polar surface area (TPSA) is 41.0 Å². The molecule has 2 heterocycles. The van der Waals surface area contributed by atoms with E-state index in [2.05, 4.69) is 47.0 Å². The molecule has 0 saturated carbocycles. The fourth-order valence-electron chi connectivity index (χ4n) is 2.97. The van der Waals surface area contributed by atoms with Gasteiger partial charge in [-0.1, -0.05) is 27.2 Å². The third-order valence-electron chi connectivity index (χ3n) is 4.04.